The van der Waals surface area contributed by atoms with E-state index in [0.717, 1.165) is 25.1 Å². The van der Waals surface area contributed by atoms with Gasteiger partial charge in [-0.05, 0) is 26.3 Å². The van der Waals surface area contributed by atoms with E-state index >= 15 is 0 Å². The van der Waals surface area contributed by atoms with Crippen molar-refractivity contribution in [3.05, 3.63) is 28.7 Å². The Kier molecular flexibility index (Phi) is 4.84. The predicted octanol–water partition coefficient (Wildman–Crippen LogP) is 3.15. The second kappa shape index (κ2) is 5.94. The van der Waals surface area contributed by atoms with Crippen LogP contribution in [0.2, 0.25) is 0 Å². The molecule has 78 valence electrons. The zero-order valence-electron chi connectivity index (χ0n) is 8.92. The van der Waals surface area contributed by atoms with Crippen molar-refractivity contribution in [1.82, 2.24) is 10.3 Å². The van der Waals surface area contributed by atoms with Crippen LogP contribution in [0.1, 0.15) is 38.4 Å². The van der Waals surface area contributed by atoms with Gasteiger partial charge >= 0.3 is 0 Å². The van der Waals surface area contributed by atoms with Gasteiger partial charge < -0.3 is 5.32 Å². The van der Waals surface area contributed by atoms with Crippen molar-refractivity contribution in [2.75, 3.05) is 6.54 Å². The highest BCUT2D eigenvalue weighted by Gasteiger charge is 2.11. The average Bonchev–Trinajstić information content (AvgIpc) is 2.64. The van der Waals surface area contributed by atoms with Crippen LogP contribution < -0.4 is 5.32 Å². The van der Waals surface area contributed by atoms with E-state index in [2.05, 4.69) is 36.1 Å². The lowest BCUT2D eigenvalue weighted by atomic mass is 10.1. The van der Waals surface area contributed by atoms with Crippen molar-refractivity contribution in [2.45, 2.75) is 32.7 Å². The number of hydrogen-bond acceptors (Lipinski definition) is 3. The fourth-order valence-electron chi connectivity index (χ4n) is 1.34. The van der Waals surface area contributed by atoms with Crippen molar-refractivity contribution in [3.8, 4) is 0 Å². The van der Waals surface area contributed by atoms with E-state index in [9.17, 15) is 0 Å². The smallest absolute Gasteiger partial charge is 0.0795 e. The maximum atomic E-state index is 4.34. The van der Waals surface area contributed by atoms with E-state index in [-0.39, 0.29) is 0 Å². The second-order valence-corrected chi connectivity index (χ2v) is 4.30. The molecule has 0 spiro atoms. The summed E-state index contributed by atoms with van der Waals surface area (Å²) in [4.78, 5) is 4.34. The molecule has 2 nitrogen and oxygen atoms in total. The van der Waals surface area contributed by atoms with Gasteiger partial charge in [-0.1, -0.05) is 12.5 Å². The fourth-order valence-corrected chi connectivity index (χ4v) is 1.95. The maximum Gasteiger partial charge on any atom is 0.0795 e. The molecule has 1 unspecified atom stereocenters. The Hall–Kier alpha value is -0.670. The zero-order valence-corrected chi connectivity index (χ0v) is 9.73. The first-order valence-corrected chi connectivity index (χ1v) is 5.94. The first kappa shape index (κ1) is 11.4. The highest BCUT2D eigenvalue weighted by Crippen LogP contribution is 2.19. The lowest BCUT2D eigenvalue weighted by Crippen LogP contribution is -2.22. The summed E-state index contributed by atoms with van der Waals surface area (Å²) in [7, 11) is 0. The van der Waals surface area contributed by atoms with Gasteiger partial charge in [0.25, 0.3) is 0 Å². The van der Waals surface area contributed by atoms with Gasteiger partial charge in [0.15, 0.2) is 0 Å². The quantitative estimate of drug-likeness (QED) is 0.730. The van der Waals surface area contributed by atoms with Gasteiger partial charge in [-0.25, -0.2) is 4.98 Å². The largest absolute Gasteiger partial charge is 0.308 e. The topological polar surface area (TPSA) is 24.9 Å². The van der Waals surface area contributed by atoms with Crippen molar-refractivity contribution >= 4 is 11.3 Å². The summed E-state index contributed by atoms with van der Waals surface area (Å²) in [6.07, 6.45) is 2.13. The number of thiazole rings is 1. The Morgan fingerprint density at radius 3 is 3.00 bits per heavy atom. The van der Waals surface area contributed by atoms with Crippen LogP contribution in [0.4, 0.5) is 0 Å². The first-order chi connectivity index (χ1) is 6.74. The molecule has 0 saturated carbocycles. The van der Waals surface area contributed by atoms with Crippen LogP contribution in [0, 0.1) is 0 Å². The summed E-state index contributed by atoms with van der Waals surface area (Å²) >= 11 is 1.65. The van der Waals surface area contributed by atoms with E-state index in [4.69, 9.17) is 0 Å². The Morgan fingerprint density at radius 2 is 2.50 bits per heavy atom. The van der Waals surface area contributed by atoms with E-state index < -0.39 is 0 Å². The predicted molar refractivity (Wildman–Crippen MR) is 62.6 cm³/mol. The molecule has 0 aliphatic heterocycles. The molecule has 0 fully saturated rings. The van der Waals surface area contributed by atoms with Gasteiger partial charge in [0.1, 0.15) is 0 Å². The number of rotatable bonds is 6. The molecule has 0 amide bonds. The van der Waals surface area contributed by atoms with Crippen LogP contribution >= 0.6 is 11.3 Å². The third-order valence-electron chi connectivity index (χ3n) is 2.00. The van der Waals surface area contributed by atoms with Gasteiger partial charge in [0, 0.05) is 5.38 Å². The Labute approximate surface area is 90.1 Å². The molecule has 0 bridgehead atoms. The number of hydrogen-bond donors (Lipinski definition) is 1. The molecule has 0 aliphatic rings. The molecule has 1 aromatic rings. The molecular weight excluding hydrogens is 192 g/mol. The lowest BCUT2D eigenvalue weighted by molar-refractivity contribution is 0.519. The van der Waals surface area contributed by atoms with Crippen molar-refractivity contribution < 1.29 is 0 Å². The third kappa shape index (κ3) is 3.60. The minimum atomic E-state index is 0.346. The van der Waals surface area contributed by atoms with E-state index in [1.807, 2.05) is 5.51 Å². The highest BCUT2D eigenvalue weighted by atomic mass is 32.1. The number of nitrogens with one attached hydrogen (secondary N) is 1. The second-order valence-electron chi connectivity index (χ2n) is 3.58. The van der Waals surface area contributed by atoms with Crippen LogP contribution in [0.15, 0.2) is 23.0 Å². The Bertz CT molecular complexity index is 267. The Balaban J connectivity index is 2.57. The van der Waals surface area contributed by atoms with Crippen molar-refractivity contribution in [2.24, 2.45) is 0 Å². The first-order valence-electron chi connectivity index (χ1n) is 5.00. The van der Waals surface area contributed by atoms with Crippen LogP contribution in [0.3, 0.4) is 0 Å². The molecule has 1 atom stereocenters. The molecule has 0 saturated heterocycles. The summed E-state index contributed by atoms with van der Waals surface area (Å²) in [5, 5.41) is 5.59. The molecule has 14 heavy (non-hydrogen) atoms. The summed E-state index contributed by atoms with van der Waals surface area (Å²) in [5.41, 5.74) is 4.23. The van der Waals surface area contributed by atoms with Gasteiger partial charge in [-0.2, -0.15) is 0 Å². The maximum absolute atomic E-state index is 4.34. The fraction of sp³-hybridized carbons (Fsp3) is 0.545. The molecule has 0 aromatic carbocycles. The molecule has 3 heteroatoms. The lowest BCUT2D eigenvalue weighted by Gasteiger charge is -2.16. The van der Waals surface area contributed by atoms with Gasteiger partial charge in [-0.3, -0.25) is 0 Å². The van der Waals surface area contributed by atoms with Crippen LogP contribution in [0.5, 0.6) is 0 Å². The van der Waals surface area contributed by atoms with E-state index in [0.29, 0.717) is 6.04 Å². The monoisotopic (exact) mass is 210 g/mol. The van der Waals surface area contributed by atoms with Gasteiger partial charge in [0.2, 0.25) is 0 Å². The van der Waals surface area contributed by atoms with Crippen LogP contribution in [-0.4, -0.2) is 11.5 Å². The molecule has 1 rings (SSSR count). The van der Waals surface area contributed by atoms with Crippen LogP contribution in [0.25, 0.3) is 0 Å². The minimum absolute atomic E-state index is 0.346. The van der Waals surface area contributed by atoms with Crippen molar-refractivity contribution in [1.29, 1.82) is 0 Å². The van der Waals surface area contributed by atoms with E-state index in [1.54, 1.807) is 11.3 Å². The standard InChI is InChI=1S/C11H18N2S/c1-4-5-12-10(6-9(2)3)11-7-14-8-13-11/h7-8,10,12H,2,4-6H2,1,3H3. The van der Waals surface area contributed by atoms with Crippen LogP contribution in [-0.2, 0) is 0 Å². The average molecular weight is 210 g/mol. The van der Waals surface area contributed by atoms with Gasteiger partial charge in [0.05, 0.1) is 17.2 Å². The SMILES string of the molecule is C=C(C)CC(NCCC)c1cscn1. The van der Waals surface area contributed by atoms with E-state index in [1.165, 1.54) is 5.57 Å². The number of aromatic nitrogens is 1. The Morgan fingerprint density at radius 1 is 1.71 bits per heavy atom. The summed E-state index contributed by atoms with van der Waals surface area (Å²) < 4.78 is 0. The molecule has 1 aromatic heterocycles. The number of nitrogens with zero attached hydrogens (tertiary/aromatic N) is 1. The molecule has 0 aliphatic carbocycles. The molecule has 1 N–H and O–H groups in total. The molecule has 1 heterocycles. The zero-order chi connectivity index (χ0) is 10.4. The molecule has 0 radical (unpaired) electrons. The summed E-state index contributed by atoms with van der Waals surface area (Å²) in [6, 6.07) is 0.346. The minimum Gasteiger partial charge on any atom is -0.308 e. The third-order valence-corrected chi connectivity index (χ3v) is 2.61. The van der Waals surface area contributed by atoms with Crippen molar-refractivity contribution in [3.63, 3.8) is 0 Å². The normalized spacial score (nSPS) is 12.7. The molecular formula is C11H18N2S. The summed E-state index contributed by atoms with van der Waals surface area (Å²) in [6.45, 7) is 9.22. The summed E-state index contributed by atoms with van der Waals surface area (Å²) in [5.74, 6) is 0. The van der Waals surface area contributed by atoms with Gasteiger partial charge in [-0.15, -0.1) is 17.9 Å². The highest BCUT2D eigenvalue weighted by molar-refractivity contribution is 7.07.